The van der Waals surface area contributed by atoms with Crippen LogP contribution in [0.3, 0.4) is 0 Å². The van der Waals surface area contributed by atoms with Crippen molar-refractivity contribution in [2.45, 2.75) is 78.6 Å². The van der Waals surface area contributed by atoms with E-state index in [1.165, 1.54) is 18.9 Å². The summed E-state index contributed by atoms with van der Waals surface area (Å²) in [6, 6.07) is 3.26. The van der Waals surface area contributed by atoms with Gasteiger partial charge in [0.05, 0.1) is 0 Å². The molecule has 0 radical (unpaired) electrons. The largest absolute Gasteiger partial charge is 0.440 e. The van der Waals surface area contributed by atoms with Gasteiger partial charge in [-0.1, -0.05) is 41.0 Å². The lowest BCUT2D eigenvalue weighted by Crippen LogP contribution is -2.30. The summed E-state index contributed by atoms with van der Waals surface area (Å²) in [4.78, 5) is 4.25. The number of alkyl halides is 3. The molecule has 3 nitrogen and oxygen atoms in total. The topological polar surface area (TPSA) is 38.1 Å². The van der Waals surface area contributed by atoms with E-state index in [1.807, 2.05) is 27.7 Å². The molecule has 1 fully saturated rings. The molecule has 3 rings (SSSR count). The number of nitrogens with zero attached hydrogens (tertiary/aromatic N) is 1. The van der Waals surface area contributed by atoms with Crippen LogP contribution in [0, 0.1) is 5.92 Å². The number of halogens is 3. The lowest BCUT2D eigenvalue weighted by Gasteiger charge is -2.18. The van der Waals surface area contributed by atoms with E-state index >= 15 is 0 Å². The fourth-order valence-electron chi connectivity index (χ4n) is 3.37. The van der Waals surface area contributed by atoms with Gasteiger partial charge in [-0.3, -0.25) is 0 Å². The third-order valence-electron chi connectivity index (χ3n) is 4.80. The highest BCUT2D eigenvalue weighted by Gasteiger charge is 2.35. The number of hydrogen-bond donors (Lipinski definition) is 1. The lowest BCUT2D eigenvalue weighted by atomic mass is 10.0. The van der Waals surface area contributed by atoms with Gasteiger partial charge in [0.15, 0.2) is 11.5 Å². The van der Waals surface area contributed by atoms with Gasteiger partial charge in [0, 0.05) is 18.5 Å². The maximum Gasteiger partial charge on any atom is 0.420 e. The normalized spacial score (nSPS) is 20.5. The highest BCUT2D eigenvalue weighted by Crippen LogP contribution is 2.37. The third kappa shape index (κ3) is 4.58. The van der Waals surface area contributed by atoms with Crippen molar-refractivity contribution in [3.05, 3.63) is 29.2 Å². The van der Waals surface area contributed by atoms with Gasteiger partial charge < -0.3 is 9.73 Å². The Hall–Kier alpha value is -1.56. The molecule has 0 spiro atoms. The molecule has 0 amide bonds. The zero-order chi connectivity index (χ0) is 19.5. The SMILES string of the molecule is CC.CC(C)c1nc2cc(CNC3CCCC3C)cc(C(F)(F)F)c2o1. The van der Waals surface area contributed by atoms with Gasteiger partial charge in [-0.25, -0.2) is 4.98 Å². The summed E-state index contributed by atoms with van der Waals surface area (Å²) in [6.45, 7) is 10.3. The molecule has 1 aliphatic carbocycles. The molecule has 1 N–H and O–H groups in total. The van der Waals surface area contributed by atoms with Crippen LogP contribution in [-0.2, 0) is 12.7 Å². The summed E-state index contributed by atoms with van der Waals surface area (Å²) in [6.07, 6.45) is -1.03. The molecule has 1 saturated carbocycles. The van der Waals surface area contributed by atoms with Crippen molar-refractivity contribution in [3.8, 4) is 0 Å². The molecule has 0 bridgehead atoms. The number of fused-ring (bicyclic) bond motifs is 1. The fourth-order valence-corrected chi connectivity index (χ4v) is 3.37. The van der Waals surface area contributed by atoms with E-state index < -0.39 is 11.7 Å². The van der Waals surface area contributed by atoms with E-state index in [0.29, 0.717) is 30.0 Å². The highest BCUT2D eigenvalue weighted by molar-refractivity contribution is 5.78. The molecule has 2 aromatic rings. The second-order valence-electron chi connectivity index (χ2n) is 7.09. The highest BCUT2D eigenvalue weighted by atomic mass is 19.4. The van der Waals surface area contributed by atoms with Gasteiger partial charge in [-0.05, 0) is 36.5 Å². The summed E-state index contributed by atoms with van der Waals surface area (Å²) in [5.74, 6) is 0.847. The average Bonchev–Trinajstić information content (AvgIpc) is 3.19. The maximum atomic E-state index is 13.4. The second-order valence-corrected chi connectivity index (χ2v) is 7.09. The van der Waals surface area contributed by atoms with Gasteiger partial charge in [-0.15, -0.1) is 0 Å². The van der Waals surface area contributed by atoms with E-state index in [4.69, 9.17) is 4.42 Å². The molecule has 1 heterocycles. The lowest BCUT2D eigenvalue weighted by molar-refractivity contribution is -0.136. The minimum Gasteiger partial charge on any atom is -0.440 e. The van der Waals surface area contributed by atoms with Crippen molar-refractivity contribution < 1.29 is 17.6 Å². The molecule has 2 atom stereocenters. The Morgan fingerprint density at radius 2 is 1.92 bits per heavy atom. The predicted octanol–water partition coefficient (Wildman–Crippen LogP) is 6.27. The Labute approximate surface area is 153 Å². The van der Waals surface area contributed by atoms with Gasteiger partial charge >= 0.3 is 6.18 Å². The summed E-state index contributed by atoms with van der Waals surface area (Å²) in [7, 11) is 0. The quantitative estimate of drug-likeness (QED) is 0.689. The van der Waals surface area contributed by atoms with Gasteiger partial charge in [0.2, 0.25) is 0 Å². The Bertz CT molecular complexity index is 722. The van der Waals surface area contributed by atoms with Gasteiger partial charge in [0.25, 0.3) is 0 Å². The number of aromatic nitrogens is 1. The van der Waals surface area contributed by atoms with Gasteiger partial charge in [-0.2, -0.15) is 13.2 Å². The number of hydrogen-bond acceptors (Lipinski definition) is 3. The van der Waals surface area contributed by atoms with Crippen molar-refractivity contribution in [3.63, 3.8) is 0 Å². The molecule has 26 heavy (non-hydrogen) atoms. The first-order valence-corrected chi connectivity index (χ1v) is 9.49. The third-order valence-corrected chi connectivity index (χ3v) is 4.80. The van der Waals surface area contributed by atoms with Crippen molar-refractivity contribution >= 4 is 11.1 Å². The number of oxazole rings is 1. The molecule has 1 aliphatic rings. The van der Waals surface area contributed by atoms with Crippen LogP contribution in [0.4, 0.5) is 13.2 Å². The molecular weight excluding hydrogens is 341 g/mol. The summed E-state index contributed by atoms with van der Waals surface area (Å²) in [5, 5.41) is 3.39. The molecule has 0 aliphatic heterocycles. The van der Waals surface area contributed by atoms with Crippen LogP contribution in [0.5, 0.6) is 0 Å². The van der Waals surface area contributed by atoms with Crippen molar-refractivity contribution in [2.24, 2.45) is 5.92 Å². The first-order valence-electron chi connectivity index (χ1n) is 9.49. The van der Waals surface area contributed by atoms with Crippen LogP contribution in [0.15, 0.2) is 16.5 Å². The Balaban J connectivity index is 0.00000117. The molecule has 1 aromatic carbocycles. The van der Waals surface area contributed by atoms with Crippen LogP contribution >= 0.6 is 0 Å². The first kappa shape index (κ1) is 20.7. The first-order chi connectivity index (χ1) is 12.3. The molecule has 0 saturated heterocycles. The average molecular weight is 370 g/mol. The van der Waals surface area contributed by atoms with E-state index in [1.54, 1.807) is 6.07 Å². The molecule has 6 heteroatoms. The number of benzene rings is 1. The Morgan fingerprint density at radius 3 is 2.46 bits per heavy atom. The van der Waals surface area contributed by atoms with E-state index in [-0.39, 0.29) is 17.0 Å². The number of nitrogens with one attached hydrogen (secondary N) is 1. The van der Waals surface area contributed by atoms with Crippen LogP contribution in [0.2, 0.25) is 0 Å². The summed E-state index contributed by atoms with van der Waals surface area (Å²) >= 11 is 0. The monoisotopic (exact) mass is 370 g/mol. The van der Waals surface area contributed by atoms with Crippen molar-refractivity contribution in [1.29, 1.82) is 0 Å². The standard InChI is InChI=1S/C18H23F3N2O.C2H6/c1-10(2)17-23-15-8-12(9-22-14-6-4-5-11(14)3)7-13(16(15)24-17)18(19,20)21;1-2/h7-8,10-11,14,22H,4-6,9H2,1-3H3;1-2H3. The molecule has 2 unspecified atom stereocenters. The van der Waals surface area contributed by atoms with Crippen LogP contribution in [0.25, 0.3) is 11.1 Å². The number of rotatable bonds is 4. The van der Waals surface area contributed by atoms with Crippen molar-refractivity contribution in [2.75, 3.05) is 0 Å². The molecule has 146 valence electrons. The Morgan fingerprint density at radius 1 is 1.23 bits per heavy atom. The zero-order valence-corrected chi connectivity index (χ0v) is 16.2. The Kier molecular flexibility index (Phi) is 6.72. The van der Waals surface area contributed by atoms with Crippen LogP contribution < -0.4 is 5.32 Å². The summed E-state index contributed by atoms with van der Waals surface area (Å²) in [5.41, 5.74) is -0.0258. The van der Waals surface area contributed by atoms with E-state index in [0.717, 1.165) is 6.42 Å². The smallest absolute Gasteiger partial charge is 0.420 e. The van der Waals surface area contributed by atoms with Gasteiger partial charge in [0.1, 0.15) is 11.1 Å². The molecule has 1 aromatic heterocycles. The summed E-state index contributed by atoms with van der Waals surface area (Å²) < 4.78 is 45.6. The minimum absolute atomic E-state index is 0.0561. The van der Waals surface area contributed by atoms with E-state index in [2.05, 4.69) is 17.2 Å². The fraction of sp³-hybridized carbons (Fsp3) is 0.650. The maximum absolute atomic E-state index is 13.4. The van der Waals surface area contributed by atoms with Crippen molar-refractivity contribution in [1.82, 2.24) is 10.3 Å². The van der Waals surface area contributed by atoms with Crippen LogP contribution in [0.1, 0.15) is 76.8 Å². The van der Waals surface area contributed by atoms with E-state index in [9.17, 15) is 13.2 Å². The van der Waals surface area contributed by atoms with Crippen LogP contribution in [-0.4, -0.2) is 11.0 Å². The molecular formula is C20H29F3N2O. The second kappa shape index (κ2) is 8.42. The predicted molar refractivity (Wildman–Crippen MR) is 98.1 cm³/mol. The minimum atomic E-state index is -4.46. The zero-order valence-electron chi connectivity index (χ0n) is 16.2.